The molecule has 3 aromatic rings. The summed E-state index contributed by atoms with van der Waals surface area (Å²) in [5, 5.41) is 1.47. The second kappa shape index (κ2) is 6.95. The van der Waals surface area contributed by atoms with Gasteiger partial charge in [-0.15, -0.1) is 13.2 Å². The largest absolute Gasteiger partial charge is 0.741 e. The van der Waals surface area contributed by atoms with Crippen LogP contribution in [0.1, 0.15) is 11.1 Å². The Morgan fingerprint density at radius 1 is 0.926 bits per heavy atom. The van der Waals surface area contributed by atoms with E-state index in [0.717, 1.165) is 21.9 Å². The third kappa shape index (κ3) is 4.36. The average Bonchev–Trinajstić information content (AvgIpc) is 2.81. The molecule has 0 spiro atoms. The van der Waals surface area contributed by atoms with E-state index in [2.05, 4.69) is 0 Å². The average molecular weight is 430 g/mol. The Labute approximate surface area is 152 Å². The standard InChI is InChI=1S/C15H12F3S.CHF3O3S/c1-9-7-10(2)14-12(8-9)11-5-3-4-6-13(11)19(14)15(16,17)18;2-1(3,4)8(5,6)7/h3-8H,1-2H3;(H,5,6,7)/q+1;/p-1. The van der Waals surface area contributed by atoms with Gasteiger partial charge in [-0.3, -0.25) is 0 Å². The fraction of sp³-hybridized carbons (Fsp3) is 0.250. The molecule has 0 saturated carbocycles. The van der Waals surface area contributed by atoms with Crippen LogP contribution in [0.4, 0.5) is 26.3 Å². The normalized spacial score (nSPS) is 13.6. The monoisotopic (exact) mass is 430 g/mol. The number of hydrogen-bond acceptors (Lipinski definition) is 3. The van der Waals surface area contributed by atoms with E-state index in [1.807, 2.05) is 19.1 Å². The minimum absolute atomic E-state index is 0.402. The van der Waals surface area contributed by atoms with Gasteiger partial charge in [0.05, 0.1) is 0 Å². The molecule has 0 bridgehead atoms. The zero-order valence-electron chi connectivity index (χ0n) is 13.8. The minimum atomic E-state index is -6.09. The molecule has 148 valence electrons. The summed E-state index contributed by atoms with van der Waals surface area (Å²) in [4.78, 5) is 0. The lowest BCUT2D eigenvalue weighted by Crippen LogP contribution is -2.21. The number of halogens is 6. The summed E-state index contributed by atoms with van der Waals surface area (Å²) in [5.41, 5.74) is -8.14. The van der Waals surface area contributed by atoms with Crippen molar-refractivity contribution in [1.82, 2.24) is 0 Å². The smallest absolute Gasteiger partial charge is 0.601 e. The summed E-state index contributed by atoms with van der Waals surface area (Å²) >= 11 is 0. The van der Waals surface area contributed by atoms with Crippen molar-refractivity contribution >= 4 is 40.8 Å². The summed E-state index contributed by atoms with van der Waals surface area (Å²) < 4.78 is 100.0. The lowest BCUT2D eigenvalue weighted by Gasteiger charge is -2.08. The highest BCUT2D eigenvalue weighted by Crippen LogP contribution is 2.54. The molecular weight excluding hydrogens is 418 g/mol. The van der Waals surface area contributed by atoms with E-state index in [0.29, 0.717) is 9.40 Å². The van der Waals surface area contributed by atoms with Crippen LogP contribution in [0.25, 0.3) is 20.2 Å². The van der Waals surface area contributed by atoms with E-state index in [1.54, 1.807) is 31.2 Å². The van der Waals surface area contributed by atoms with Crippen LogP contribution in [-0.4, -0.2) is 18.5 Å². The van der Waals surface area contributed by atoms with Gasteiger partial charge in [0, 0.05) is 16.3 Å². The van der Waals surface area contributed by atoms with Gasteiger partial charge in [-0.1, -0.05) is 18.2 Å². The summed E-state index contributed by atoms with van der Waals surface area (Å²) in [5.74, 6) is 0. The first-order valence-corrected chi connectivity index (χ1v) is 9.82. The van der Waals surface area contributed by atoms with Crippen LogP contribution >= 0.6 is 10.5 Å². The molecule has 2 aromatic carbocycles. The molecule has 0 saturated heterocycles. The molecule has 0 aliphatic carbocycles. The van der Waals surface area contributed by atoms with Crippen LogP contribution in [0.5, 0.6) is 0 Å². The number of alkyl halides is 6. The number of thiophene rings is 1. The van der Waals surface area contributed by atoms with Crippen molar-refractivity contribution in [1.29, 1.82) is 0 Å². The van der Waals surface area contributed by atoms with E-state index in [-0.39, 0.29) is 0 Å². The molecule has 1 heterocycles. The Balaban J connectivity index is 0.000000279. The highest BCUT2D eigenvalue weighted by molar-refractivity contribution is 7.86. The molecule has 0 radical (unpaired) electrons. The van der Waals surface area contributed by atoms with Gasteiger partial charge in [-0.05, 0) is 37.6 Å². The number of rotatable bonds is 0. The van der Waals surface area contributed by atoms with Gasteiger partial charge in [0.2, 0.25) is 0 Å². The Bertz CT molecular complexity index is 1100. The molecule has 1 atom stereocenters. The second-order valence-corrected chi connectivity index (χ2v) is 8.90. The Morgan fingerprint density at radius 3 is 1.93 bits per heavy atom. The number of hydrogen-bond donors (Lipinski definition) is 0. The molecule has 0 N–H and O–H groups in total. The summed E-state index contributed by atoms with van der Waals surface area (Å²) in [6, 6.07) is 10.5. The van der Waals surface area contributed by atoms with Crippen molar-refractivity contribution < 1.29 is 39.3 Å². The molecule has 3 rings (SSSR count). The zero-order chi connectivity index (χ0) is 20.8. The topological polar surface area (TPSA) is 57.2 Å². The molecule has 11 heteroatoms. The van der Waals surface area contributed by atoms with Gasteiger partial charge >= 0.3 is 11.0 Å². The van der Waals surface area contributed by atoms with Gasteiger partial charge in [0.1, 0.15) is 10.5 Å². The Hall–Kier alpha value is -1.85. The quantitative estimate of drug-likeness (QED) is 0.194. The van der Waals surface area contributed by atoms with Crippen LogP contribution in [-0.2, 0) is 15.6 Å². The SMILES string of the molecule is Cc1cc(C)c2c(c1)c1ccccc1[s+]2C(F)(F)F.O=S(=O)([O-])C(F)(F)F. The van der Waals surface area contributed by atoms with Crippen molar-refractivity contribution in [2.75, 3.05) is 0 Å². The van der Waals surface area contributed by atoms with Crippen LogP contribution in [0, 0.1) is 13.8 Å². The van der Waals surface area contributed by atoms with Crippen molar-refractivity contribution in [3.05, 3.63) is 47.5 Å². The summed E-state index contributed by atoms with van der Waals surface area (Å²) in [6.07, 6.45) is 0. The fourth-order valence-electron chi connectivity index (χ4n) is 2.64. The second-order valence-electron chi connectivity index (χ2n) is 5.61. The first-order valence-electron chi connectivity index (χ1n) is 7.18. The maximum absolute atomic E-state index is 13.4. The summed E-state index contributed by atoms with van der Waals surface area (Å²) in [6.45, 7) is 3.68. The molecule has 0 aliphatic heterocycles. The first-order chi connectivity index (χ1) is 12.1. The third-order valence-corrected chi connectivity index (χ3v) is 6.31. The predicted octanol–water partition coefficient (Wildman–Crippen LogP) is 5.89. The molecule has 27 heavy (non-hydrogen) atoms. The number of benzene rings is 2. The fourth-order valence-corrected chi connectivity index (χ4v) is 4.73. The Morgan fingerprint density at radius 2 is 1.44 bits per heavy atom. The van der Waals surface area contributed by atoms with Crippen LogP contribution in [0.15, 0.2) is 36.4 Å². The summed E-state index contributed by atoms with van der Waals surface area (Å²) in [7, 11) is -7.90. The van der Waals surface area contributed by atoms with Gasteiger partial charge < -0.3 is 4.55 Å². The minimum Gasteiger partial charge on any atom is -0.741 e. The molecule has 1 aromatic heterocycles. The zero-order valence-corrected chi connectivity index (χ0v) is 15.4. The number of aryl methyl sites for hydroxylation is 2. The van der Waals surface area contributed by atoms with E-state index < -0.39 is 31.6 Å². The van der Waals surface area contributed by atoms with E-state index >= 15 is 0 Å². The molecule has 0 fully saturated rings. The van der Waals surface area contributed by atoms with Crippen molar-refractivity contribution in [3.63, 3.8) is 0 Å². The van der Waals surface area contributed by atoms with Crippen molar-refractivity contribution in [2.24, 2.45) is 0 Å². The number of fused-ring (bicyclic) bond motifs is 3. The van der Waals surface area contributed by atoms with Gasteiger partial charge in [-0.2, -0.15) is 13.2 Å². The highest BCUT2D eigenvalue weighted by Gasteiger charge is 2.48. The van der Waals surface area contributed by atoms with Crippen molar-refractivity contribution in [3.8, 4) is 0 Å². The van der Waals surface area contributed by atoms with Crippen LogP contribution < -0.4 is 0 Å². The van der Waals surface area contributed by atoms with Crippen LogP contribution in [0.2, 0.25) is 0 Å². The van der Waals surface area contributed by atoms with E-state index in [1.165, 1.54) is 0 Å². The van der Waals surface area contributed by atoms with E-state index in [9.17, 15) is 26.3 Å². The lowest BCUT2D eigenvalue weighted by molar-refractivity contribution is -0.0863. The lowest BCUT2D eigenvalue weighted by atomic mass is 10.1. The van der Waals surface area contributed by atoms with Gasteiger partial charge in [0.15, 0.2) is 19.5 Å². The first kappa shape index (κ1) is 21.5. The maximum atomic E-state index is 13.4. The Kier molecular flexibility index (Phi) is 5.52. The predicted molar refractivity (Wildman–Crippen MR) is 90.5 cm³/mol. The van der Waals surface area contributed by atoms with Gasteiger partial charge in [-0.25, -0.2) is 8.42 Å². The van der Waals surface area contributed by atoms with Crippen LogP contribution in [0.3, 0.4) is 0 Å². The molecule has 0 amide bonds. The molecular formula is C16H12F6O3S2. The maximum Gasteiger partial charge on any atom is 0.601 e. The highest BCUT2D eigenvalue weighted by atomic mass is 32.2. The van der Waals surface area contributed by atoms with Crippen molar-refractivity contribution in [2.45, 2.75) is 24.9 Å². The van der Waals surface area contributed by atoms with Gasteiger partial charge in [0.25, 0.3) is 0 Å². The molecule has 0 aliphatic rings. The molecule has 3 nitrogen and oxygen atoms in total. The molecule has 1 unspecified atom stereocenters. The third-order valence-electron chi connectivity index (χ3n) is 3.54. The van der Waals surface area contributed by atoms with E-state index in [4.69, 9.17) is 13.0 Å².